The Morgan fingerprint density at radius 1 is 0.903 bits per heavy atom. The normalized spacial score (nSPS) is 11.7. The van der Waals surface area contributed by atoms with Crippen LogP contribution in [-0.4, -0.2) is 32.1 Å². The molecule has 3 aromatic carbocycles. The van der Waals surface area contributed by atoms with Crippen LogP contribution in [0.25, 0.3) is 0 Å². The zero-order valence-electron chi connectivity index (χ0n) is 17.7. The van der Waals surface area contributed by atoms with Gasteiger partial charge in [0.1, 0.15) is 0 Å². The first-order valence-corrected chi connectivity index (χ1v) is 10.0. The van der Waals surface area contributed by atoms with Gasteiger partial charge in [-0.15, -0.1) is 0 Å². The summed E-state index contributed by atoms with van der Waals surface area (Å²) in [6.07, 6.45) is 1.66. The number of rotatable bonds is 8. The Morgan fingerprint density at radius 2 is 1.52 bits per heavy atom. The molecule has 6 nitrogen and oxygen atoms in total. The summed E-state index contributed by atoms with van der Waals surface area (Å²) in [7, 11) is 3.95. The quantitative estimate of drug-likeness (QED) is 0.435. The molecule has 0 fully saturated rings. The number of carbonyl (C=O) groups excluding carboxylic acids is 2. The molecule has 3 rings (SSSR count). The number of hydrazone groups is 1. The van der Waals surface area contributed by atoms with E-state index in [1.165, 1.54) is 0 Å². The first-order chi connectivity index (χ1) is 15.0. The summed E-state index contributed by atoms with van der Waals surface area (Å²) >= 11 is 0. The lowest BCUT2D eigenvalue weighted by molar-refractivity contribution is -0.121. The van der Waals surface area contributed by atoms with Gasteiger partial charge in [-0.25, -0.2) is 5.43 Å². The van der Waals surface area contributed by atoms with Crippen molar-refractivity contribution in [3.05, 3.63) is 102 Å². The third-order valence-electron chi connectivity index (χ3n) is 4.75. The van der Waals surface area contributed by atoms with Crippen LogP contribution in [0.1, 0.15) is 33.9 Å². The summed E-state index contributed by atoms with van der Waals surface area (Å²) in [5, 5.41) is 7.00. The van der Waals surface area contributed by atoms with E-state index in [-0.39, 0.29) is 18.2 Å². The number of amides is 2. The fourth-order valence-corrected chi connectivity index (χ4v) is 3.04. The van der Waals surface area contributed by atoms with Crippen molar-refractivity contribution in [3.8, 4) is 0 Å². The van der Waals surface area contributed by atoms with E-state index in [0.29, 0.717) is 5.56 Å². The summed E-state index contributed by atoms with van der Waals surface area (Å²) in [5.74, 6) is -0.518. The van der Waals surface area contributed by atoms with E-state index >= 15 is 0 Å². The van der Waals surface area contributed by atoms with Crippen molar-refractivity contribution in [2.45, 2.75) is 12.5 Å². The molecule has 0 heterocycles. The first kappa shape index (κ1) is 21.8. The highest BCUT2D eigenvalue weighted by Crippen LogP contribution is 2.17. The molecule has 0 bridgehead atoms. The van der Waals surface area contributed by atoms with Gasteiger partial charge in [0.05, 0.1) is 18.7 Å². The molecular weight excluding hydrogens is 388 g/mol. The lowest BCUT2D eigenvalue weighted by Gasteiger charge is -2.18. The van der Waals surface area contributed by atoms with Crippen LogP contribution in [0.5, 0.6) is 0 Å². The number of nitrogens with one attached hydrogen (secondary N) is 2. The van der Waals surface area contributed by atoms with Gasteiger partial charge in [0.25, 0.3) is 5.91 Å². The second-order valence-corrected chi connectivity index (χ2v) is 7.29. The van der Waals surface area contributed by atoms with Crippen LogP contribution in [0.15, 0.2) is 90.0 Å². The molecule has 0 saturated heterocycles. The van der Waals surface area contributed by atoms with E-state index in [9.17, 15) is 9.59 Å². The van der Waals surface area contributed by atoms with Crippen molar-refractivity contribution < 1.29 is 9.59 Å². The molecule has 158 valence electrons. The van der Waals surface area contributed by atoms with Crippen molar-refractivity contribution >= 4 is 23.7 Å². The number of anilines is 1. The van der Waals surface area contributed by atoms with Gasteiger partial charge in [-0.05, 0) is 35.4 Å². The zero-order valence-corrected chi connectivity index (χ0v) is 17.7. The minimum absolute atomic E-state index is 0.0689. The Hall–Kier alpha value is -3.93. The van der Waals surface area contributed by atoms with Crippen molar-refractivity contribution in [1.82, 2.24) is 10.7 Å². The average molecular weight is 415 g/mol. The molecule has 0 aliphatic rings. The van der Waals surface area contributed by atoms with Crippen molar-refractivity contribution in [3.63, 3.8) is 0 Å². The Kier molecular flexibility index (Phi) is 7.54. The highest BCUT2D eigenvalue weighted by molar-refractivity contribution is 5.94. The van der Waals surface area contributed by atoms with Gasteiger partial charge in [-0.2, -0.15) is 5.10 Å². The Labute approximate surface area is 182 Å². The smallest absolute Gasteiger partial charge is 0.251 e. The van der Waals surface area contributed by atoms with Gasteiger partial charge in [0, 0.05) is 25.3 Å². The van der Waals surface area contributed by atoms with E-state index in [2.05, 4.69) is 15.8 Å². The topological polar surface area (TPSA) is 73.8 Å². The first-order valence-electron chi connectivity index (χ1n) is 10.0. The molecule has 31 heavy (non-hydrogen) atoms. The largest absolute Gasteiger partial charge is 0.378 e. The molecule has 0 aliphatic heterocycles. The third kappa shape index (κ3) is 6.54. The monoisotopic (exact) mass is 414 g/mol. The van der Waals surface area contributed by atoms with Gasteiger partial charge in [0.2, 0.25) is 5.91 Å². The number of nitrogens with zero attached hydrogens (tertiary/aromatic N) is 2. The van der Waals surface area contributed by atoms with Crippen LogP contribution >= 0.6 is 0 Å². The summed E-state index contributed by atoms with van der Waals surface area (Å²) < 4.78 is 0. The maximum Gasteiger partial charge on any atom is 0.251 e. The predicted octanol–water partition coefficient (Wildman–Crippen LogP) is 3.76. The predicted molar refractivity (Wildman–Crippen MR) is 124 cm³/mol. The van der Waals surface area contributed by atoms with E-state index in [0.717, 1.165) is 16.8 Å². The minimum atomic E-state index is -0.469. The van der Waals surface area contributed by atoms with E-state index in [1.54, 1.807) is 30.5 Å². The molecule has 0 aliphatic carbocycles. The zero-order chi connectivity index (χ0) is 22.1. The highest BCUT2D eigenvalue weighted by Gasteiger charge is 2.19. The number of carbonyl (C=O) groups is 2. The summed E-state index contributed by atoms with van der Waals surface area (Å²) in [5.41, 5.74) is 5.91. The molecule has 0 spiro atoms. The minimum Gasteiger partial charge on any atom is -0.378 e. The SMILES string of the molecule is CN(C)c1ccc(/C=N/NC(=O)CC(NC(=O)c2ccccc2)c2ccccc2)cc1. The summed E-state index contributed by atoms with van der Waals surface area (Å²) in [6, 6.07) is 25.7. The number of hydrogen-bond acceptors (Lipinski definition) is 4. The Balaban J connectivity index is 1.63. The van der Waals surface area contributed by atoms with Crippen LogP contribution in [-0.2, 0) is 4.79 Å². The molecule has 2 N–H and O–H groups in total. The van der Waals surface area contributed by atoms with Gasteiger partial charge >= 0.3 is 0 Å². The average Bonchev–Trinajstić information content (AvgIpc) is 2.80. The van der Waals surface area contributed by atoms with E-state index < -0.39 is 6.04 Å². The molecular formula is C25H26N4O2. The summed E-state index contributed by atoms with van der Waals surface area (Å²) in [4.78, 5) is 27.1. The summed E-state index contributed by atoms with van der Waals surface area (Å²) in [6.45, 7) is 0. The molecule has 0 radical (unpaired) electrons. The molecule has 6 heteroatoms. The number of hydrogen-bond donors (Lipinski definition) is 2. The lowest BCUT2D eigenvalue weighted by atomic mass is 10.0. The van der Waals surface area contributed by atoms with Gasteiger partial charge < -0.3 is 10.2 Å². The van der Waals surface area contributed by atoms with Gasteiger partial charge in [-0.1, -0.05) is 60.7 Å². The van der Waals surface area contributed by atoms with Crippen LogP contribution in [0.3, 0.4) is 0 Å². The number of benzene rings is 3. The second-order valence-electron chi connectivity index (χ2n) is 7.29. The Bertz CT molecular complexity index is 1020. The van der Waals surface area contributed by atoms with Crippen LogP contribution in [0.4, 0.5) is 5.69 Å². The molecule has 0 aromatic heterocycles. The van der Waals surface area contributed by atoms with Crippen LogP contribution in [0, 0.1) is 0 Å². The third-order valence-corrected chi connectivity index (χ3v) is 4.75. The fourth-order valence-electron chi connectivity index (χ4n) is 3.04. The highest BCUT2D eigenvalue weighted by atomic mass is 16.2. The standard InChI is InChI=1S/C25H26N4O2/c1-29(2)22-15-13-19(14-16-22)18-26-28-24(30)17-23(20-9-5-3-6-10-20)27-25(31)21-11-7-4-8-12-21/h3-16,18,23H,17H2,1-2H3,(H,27,31)(H,28,30)/b26-18+. The van der Waals surface area contributed by atoms with Crippen molar-refractivity contribution in [2.75, 3.05) is 19.0 Å². The molecule has 1 atom stereocenters. The molecule has 3 aromatic rings. The molecule has 2 amide bonds. The van der Waals surface area contributed by atoms with Gasteiger partial charge in [0.15, 0.2) is 0 Å². The van der Waals surface area contributed by atoms with Crippen molar-refractivity contribution in [2.24, 2.45) is 5.10 Å². The van der Waals surface area contributed by atoms with Crippen molar-refractivity contribution in [1.29, 1.82) is 0 Å². The maximum absolute atomic E-state index is 12.6. The van der Waals surface area contributed by atoms with Gasteiger partial charge in [-0.3, -0.25) is 9.59 Å². The van der Waals surface area contributed by atoms with Crippen LogP contribution < -0.4 is 15.6 Å². The van der Waals surface area contributed by atoms with E-state index in [4.69, 9.17) is 0 Å². The Morgan fingerprint density at radius 3 is 2.13 bits per heavy atom. The second kappa shape index (κ2) is 10.7. The lowest BCUT2D eigenvalue weighted by Crippen LogP contribution is -2.32. The van der Waals surface area contributed by atoms with E-state index in [1.807, 2.05) is 79.7 Å². The fraction of sp³-hybridized carbons (Fsp3) is 0.160. The molecule has 0 saturated carbocycles. The molecule has 1 unspecified atom stereocenters. The van der Waals surface area contributed by atoms with Crippen LogP contribution in [0.2, 0.25) is 0 Å². The maximum atomic E-state index is 12.6.